The number of methoxy groups -OCH3 is 1. The monoisotopic (exact) mass is 447 g/mol. The quantitative estimate of drug-likeness (QED) is 0.446. The van der Waals surface area contributed by atoms with Crippen LogP contribution in [0.1, 0.15) is 36.7 Å². The summed E-state index contributed by atoms with van der Waals surface area (Å²) < 4.78 is 11.2. The molecular weight excluding hydrogens is 418 g/mol. The third-order valence-corrected chi connectivity index (χ3v) is 4.98. The molecule has 3 aromatic carbocycles. The number of anilines is 2. The summed E-state index contributed by atoms with van der Waals surface area (Å²) in [5.41, 5.74) is 2.73. The highest BCUT2D eigenvalue weighted by Crippen LogP contribution is 2.31. The van der Waals surface area contributed by atoms with E-state index in [1.807, 2.05) is 18.2 Å². The van der Waals surface area contributed by atoms with Crippen LogP contribution < -0.4 is 25.4 Å². The van der Waals surface area contributed by atoms with Crippen molar-refractivity contribution < 1.29 is 19.1 Å². The van der Waals surface area contributed by atoms with Gasteiger partial charge in [-0.3, -0.25) is 4.79 Å². The Morgan fingerprint density at radius 3 is 2.21 bits per heavy atom. The topological polar surface area (TPSA) is 88.7 Å². The summed E-state index contributed by atoms with van der Waals surface area (Å²) >= 11 is 0. The number of hydrogen-bond acceptors (Lipinski definition) is 4. The van der Waals surface area contributed by atoms with Gasteiger partial charge in [0.1, 0.15) is 17.2 Å². The van der Waals surface area contributed by atoms with Gasteiger partial charge < -0.3 is 25.4 Å². The van der Waals surface area contributed by atoms with Crippen LogP contribution in [0.25, 0.3) is 0 Å². The second-order valence-corrected chi connectivity index (χ2v) is 8.48. The number of carbonyl (C=O) groups excluding carboxylic acids is 2. The summed E-state index contributed by atoms with van der Waals surface area (Å²) in [5.74, 6) is 1.52. The minimum Gasteiger partial charge on any atom is -0.495 e. The van der Waals surface area contributed by atoms with Crippen LogP contribution in [0.3, 0.4) is 0 Å². The molecule has 0 saturated carbocycles. The fourth-order valence-electron chi connectivity index (χ4n) is 3.14. The van der Waals surface area contributed by atoms with Crippen LogP contribution in [0.15, 0.2) is 66.7 Å². The maximum absolute atomic E-state index is 12.6. The highest BCUT2D eigenvalue weighted by atomic mass is 16.5. The molecule has 3 N–H and O–H groups in total. The number of carbonyl (C=O) groups is 2. The van der Waals surface area contributed by atoms with Gasteiger partial charge in [0, 0.05) is 18.3 Å². The van der Waals surface area contributed by atoms with Crippen molar-refractivity contribution in [1.82, 2.24) is 5.32 Å². The van der Waals surface area contributed by atoms with Crippen molar-refractivity contribution in [1.29, 1.82) is 0 Å². The lowest BCUT2D eigenvalue weighted by Crippen LogP contribution is -2.20. The summed E-state index contributed by atoms with van der Waals surface area (Å²) in [6, 6.07) is 19.2. The molecule has 3 amide bonds. The van der Waals surface area contributed by atoms with Gasteiger partial charge in [0.25, 0.3) is 5.91 Å². The molecule has 0 radical (unpaired) electrons. The van der Waals surface area contributed by atoms with Gasteiger partial charge in [0.05, 0.1) is 12.8 Å². The third-order valence-electron chi connectivity index (χ3n) is 4.98. The van der Waals surface area contributed by atoms with E-state index in [0.717, 1.165) is 5.56 Å². The zero-order chi connectivity index (χ0) is 24.0. The Morgan fingerprint density at radius 1 is 0.848 bits per heavy atom. The SMILES string of the molecule is CNC(=O)c1cccc(Oc2ccc(NC(=O)Nc3cc(C(C)(C)C)ccc3OC)cc2)c1. The molecule has 0 bridgehead atoms. The number of benzene rings is 3. The van der Waals surface area contributed by atoms with E-state index in [1.54, 1.807) is 62.7 Å². The maximum Gasteiger partial charge on any atom is 0.323 e. The Kier molecular flexibility index (Phi) is 7.23. The summed E-state index contributed by atoms with van der Waals surface area (Å²) in [5, 5.41) is 8.25. The van der Waals surface area contributed by atoms with Crippen molar-refractivity contribution in [2.75, 3.05) is 24.8 Å². The van der Waals surface area contributed by atoms with Crippen LogP contribution in [0.2, 0.25) is 0 Å². The summed E-state index contributed by atoms with van der Waals surface area (Å²) in [6.07, 6.45) is 0. The summed E-state index contributed by atoms with van der Waals surface area (Å²) in [6.45, 7) is 6.32. The van der Waals surface area contributed by atoms with E-state index in [-0.39, 0.29) is 17.4 Å². The van der Waals surface area contributed by atoms with Gasteiger partial charge in [-0.2, -0.15) is 0 Å². The highest BCUT2D eigenvalue weighted by Gasteiger charge is 2.17. The fourth-order valence-corrected chi connectivity index (χ4v) is 3.14. The summed E-state index contributed by atoms with van der Waals surface area (Å²) in [7, 11) is 3.15. The fraction of sp³-hybridized carbons (Fsp3) is 0.231. The molecule has 0 aromatic heterocycles. The smallest absolute Gasteiger partial charge is 0.323 e. The van der Waals surface area contributed by atoms with E-state index in [0.29, 0.717) is 34.2 Å². The number of hydrogen-bond donors (Lipinski definition) is 3. The lowest BCUT2D eigenvalue weighted by Gasteiger charge is -2.21. The molecule has 0 spiro atoms. The molecule has 0 unspecified atom stereocenters. The van der Waals surface area contributed by atoms with Crippen molar-refractivity contribution >= 4 is 23.3 Å². The van der Waals surface area contributed by atoms with Crippen molar-refractivity contribution in [2.24, 2.45) is 0 Å². The lowest BCUT2D eigenvalue weighted by atomic mass is 9.87. The van der Waals surface area contributed by atoms with Gasteiger partial charge in [0.15, 0.2) is 0 Å². The molecule has 0 aliphatic rings. The molecule has 3 aromatic rings. The average molecular weight is 448 g/mol. The van der Waals surface area contributed by atoms with E-state index >= 15 is 0 Å². The summed E-state index contributed by atoms with van der Waals surface area (Å²) in [4.78, 5) is 24.4. The standard InChI is InChI=1S/C26H29N3O4/c1-26(2,3)18-9-14-23(32-5)22(16-18)29-25(31)28-19-10-12-20(13-11-19)33-21-8-6-7-17(15-21)24(30)27-4/h6-16H,1-5H3,(H,27,30)(H2,28,29,31). The van der Waals surface area contributed by atoms with Crippen molar-refractivity contribution in [2.45, 2.75) is 26.2 Å². The van der Waals surface area contributed by atoms with Gasteiger partial charge in [-0.15, -0.1) is 0 Å². The van der Waals surface area contributed by atoms with E-state index < -0.39 is 0 Å². The van der Waals surface area contributed by atoms with Gasteiger partial charge in [0.2, 0.25) is 0 Å². The zero-order valence-corrected chi connectivity index (χ0v) is 19.5. The Labute approximate surface area is 194 Å². The van der Waals surface area contributed by atoms with Crippen molar-refractivity contribution in [3.63, 3.8) is 0 Å². The van der Waals surface area contributed by atoms with Crippen LogP contribution in [-0.2, 0) is 5.41 Å². The predicted octanol–water partition coefficient (Wildman–Crippen LogP) is 5.79. The van der Waals surface area contributed by atoms with Gasteiger partial charge in [-0.1, -0.05) is 32.9 Å². The van der Waals surface area contributed by atoms with Gasteiger partial charge >= 0.3 is 6.03 Å². The van der Waals surface area contributed by atoms with E-state index in [9.17, 15) is 9.59 Å². The number of urea groups is 1. The Hall–Kier alpha value is -4.00. The Balaban J connectivity index is 1.66. The van der Waals surface area contributed by atoms with Gasteiger partial charge in [-0.05, 0) is 65.6 Å². The first-order valence-electron chi connectivity index (χ1n) is 10.6. The van der Waals surface area contributed by atoms with Crippen molar-refractivity contribution in [3.05, 3.63) is 77.9 Å². The predicted molar refractivity (Wildman–Crippen MR) is 131 cm³/mol. The minimum absolute atomic E-state index is 0.0606. The average Bonchev–Trinajstić information content (AvgIpc) is 2.79. The number of rotatable bonds is 6. The second kappa shape index (κ2) is 10.1. The first kappa shape index (κ1) is 23.7. The normalized spacial score (nSPS) is 10.8. The highest BCUT2D eigenvalue weighted by molar-refractivity contribution is 6.00. The minimum atomic E-state index is -0.383. The number of nitrogens with one attached hydrogen (secondary N) is 3. The largest absolute Gasteiger partial charge is 0.495 e. The molecule has 172 valence electrons. The molecule has 0 heterocycles. The first-order valence-corrected chi connectivity index (χ1v) is 10.6. The second-order valence-electron chi connectivity index (χ2n) is 8.48. The zero-order valence-electron chi connectivity index (χ0n) is 19.5. The van der Waals surface area contributed by atoms with Crippen molar-refractivity contribution in [3.8, 4) is 17.2 Å². The number of ether oxygens (including phenoxy) is 2. The maximum atomic E-state index is 12.6. The molecule has 0 aliphatic heterocycles. The Morgan fingerprint density at radius 2 is 1.58 bits per heavy atom. The third kappa shape index (κ3) is 6.26. The lowest BCUT2D eigenvalue weighted by molar-refractivity contribution is 0.0962. The molecule has 33 heavy (non-hydrogen) atoms. The van der Waals surface area contributed by atoms with Crippen LogP contribution in [0, 0.1) is 0 Å². The van der Waals surface area contributed by atoms with Crippen LogP contribution in [0.4, 0.5) is 16.2 Å². The van der Waals surface area contributed by atoms with E-state index in [1.165, 1.54) is 0 Å². The van der Waals surface area contributed by atoms with E-state index in [4.69, 9.17) is 9.47 Å². The first-order chi connectivity index (χ1) is 15.7. The molecule has 3 rings (SSSR count). The molecule has 0 aliphatic carbocycles. The van der Waals surface area contributed by atoms with E-state index in [2.05, 4.69) is 36.7 Å². The van der Waals surface area contributed by atoms with Gasteiger partial charge in [-0.25, -0.2) is 4.79 Å². The molecule has 0 fully saturated rings. The number of amides is 3. The molecule has 7 heteroatoms. The van der Waals surface area contributed by atoms with Crippen LogP contribution in [0.5, 0.6) is 17.2 Å². The molecule has 0 atom stereocenters. The molecular formula is C26H29N3O4. The molecule has 7 nitrogen and oxygen atoms in total. The molecule has 0 saturated heterocycles. The Bertz CT molecular complexity index is 1140. The van der Waals surface area contributed by atoms with Crippen LogP contribution >= 0.6 is 0 Å². The van der Waals surface area contributed by atoms with Crippen LogP contribution in [-0.4, -0.2) is 26.1 Å².